The van der Waals surface area contributed by atoms with Gasteiger partial charge in [-0.2, -0.15) is 0 Å². The number of hydrogen-bond acceptors (Lipinski definition) is 2. The number of hydrogen-bond donors (Lipinski definition) is 1. The predicted octanol–water partition coefficient (Wildman–Crippen LogP) is 3.07. The third-order valence-corrected chi connectivity index (χ3v) is 2.87. The first-order valence-corrected chi connectivity index (χ1v) is 6.32. The first-order valence-electron chi connectivity index (χ1n) is 6.32. The molecule has 0 aromatic heterocycles. The van der Waals surface area contributed by atoms with Crippen LogP contribution in [0.1, 0.15) is 11.1 Å². The molecule has 0 bridgehead atoms. The molecule has 3 nitrogen and oxygen atoms in total. The lowest BCUT2D eigenvalue weighted by Gasteiger charge is -2.11. The molecule has 2 aromatic rings. The van der Waals surface area contributed by atoms with Crippen LogP contribution in [-0.4, -0.2) is 17.7 Å². The van der Waals surface area contributed by atoms with Crippen LogP contribution in [0.5, 0.6) is 5.75 Å². The topological polar surface area (TPSA) is 46.5 Å². The summed E-state index contributed by atoms with van der Waals surface area (Å²) in [6, 6.07) is 14.0. The lowest BCUT2D eigenvalue weighted by Crippen LogP contribution is -2.08. The molecule has 0 saturated carbocycles. The summed E-state index contributed by atoms with van der Waals surface area (Å²) in [7, 11) is 0. The highest BCUT2D eigenvalue weighted by atomic mass is 19.1. The first-order chi connectivity index (χ1) is 9.66. The van der Waals surface area contributed by atoms with E-state index in [1.54, 1.807) is 6.07 Å². The number of ether oxygens (including phenoxy) is 1. The number of benzene rings is 2. The Bertz CT molecular complexity index is 582. The smallest absolute Gasteiger partial charge is 0.307 e. The van der Waals surface area contributed by atoms with Crippen molar-refractivity contribution in [3.05, 3.63) is 65.5 Å². The second-order valence-corrected chi connectivity index (χ2v) is 4.38. The monoisotopic (exact) mass is 274 g/mol. The standard InChI is InChI=1S/C16H15FO3/c17-14-8-4-7-13(11-15(18)19)16(14)20-10-9-12-5-2-1-3-6-12/h1-8H,9-11H2,(H,18,19). The molecule has 0 spiro atoms. The van der Waals surface area contributed by atoms with E-state index in [4.69, 9.17) is 9.84 Å². The highest BCUT2D eigenvalue weighted by Gasteiger charge is 2.12. The average molecular weight is 274 g/mol. The van der Waals surface area contributed by atoms with Gasteiger partial charge in [0.15, 0.2) is 11.6 Å². The minimum Gasteiger partial charge on any atom is -0.490 e. The van der Waals surface area contributed by atoms with Crippen molar-refractivity contribution < 1.29 is 19.0 Å². The molecule has 2 aromatic carbocycles. The molecule has 0 aliphatic rings. The number of carboxylic acids is 1. The summed E-state index contributed by atoms with van der Waals surface area (Å²) < 4.78 is 19.1. The Morgan fingerprint density at radius 2 is 1.85 bits per heavy atom. The Hall–Kier alpha value is -2.36. The van der Waals surface area contributed by atoms with E-state index in [-0.39, 0.29) is 12.2 Å². The molecule has 20 heavy (non-hydrogen) atoms. The van der Waals surface area contributed by atoms with Crippen LogP contribution in [0.3, 0.4) is 0 Å². The van der Waals surface area contributed by atoms with Gasteiger partial charge < -0.3 is 9.84 Å². The maximum absolute atomic E-state index is 13.7. The molecular weight excluding hydrogens is 259 g/mol. The Morgan fingerprint density at radius 1 is 1.10 bits per heavy atom. The molecule has 1 N–H and O–H groups in total. The molecule has 0 saturated heterocycles. The fourth-order valence-electron chi connectivity index (χ4n) is 1.93. The van der Waals surface area contributed by atoms with Gasteiger partial charge in [0.2, 0.25) is 0 Å². The number of halogens is 1. The van der Waals surface area contributed by atoms with Crippen molar-refractivity contribution in [2.24, 2.45) is 0 Å². The zero-order valence-corrected chi connectivity index (χ0v) is 10.9. The summed E-state index contributed by atoms with van der Waals surface area (Å²) in [6.45, 7) is 0.303. The van der Waals surface area contributed by atoms with Gasteiger partial charge in [0.1, 0.15) is 0 Å². The van der Waals surface area contributed by atoms with E-state index in [1.807, 2.05) is 30.3 Å². The van der Waals surface area contributed by atoms with Gasteiger partial charge in [0, 0.05) is 12.0 Å². The Balaban J connectivity index is 2.03. The zero-order chi connectivity index (χ0) is 14.4. The molecule has 104 valence electrons. The number of aliphatic carboxylic acids is 1. The van der Waals surface area contributed by atoms with Crippen LogP contribution in [-0.2, 0) is 17.6 Å². The van der Waals surface area contributed by atoms with E-state index in [0.717, 1.165) is 5.56 Å². The first kappa shape index (κ1) is 14.1. The highest BCUT2D eigenvalue weighted by Crippen LogP contribution is 2.23. The van der Waals surface area contributed by atoms with E-state index in [1.165, 1.54) is 12.1 Å². The van der Waals surface area contributed by atoms with Crippen LogP contribution in [0.2, 0.25) is 0 Å². The maximum atomic E-state index is 13.7. The normalized spacial score (nSPS) is 10.2. The third-order valence-electron chi connectivity index (χ3n) is 2.87. The summed E-state index contributed by atoms with van der Waals surface area (Å²) in [4.78, 5) is 10.7. The molecule has 0 heterocycles. The van der Waals surface area contributed by atoms with Gasteiger partial charge in [0.25, 0.3) is 0 Å². The Morgan fingerprint density at radius 3 is 2.55 bits per heavy atom. The number of carboxylic acid groups (broad SMARTS) is 1. The molecule has 0 unspecified atom stereocenters. The molecular formula is C16H15FO3. The zero-order valence-electron chi connectivity index (χ0n) is 10.9. The summed E-state index contributed by atoms with van der Waals surface area (Å²) in [5.41, 5.74) is 1.44. The van der Waals surface area contributed by atoms with Gasteiger partial charge in [0.05, 0.1) is 13.0 Å². The van der Waals surface area contributed by atoms with Crippen molar-refractivity contribution in [3.63, 3.8) is 0 Å². The molecule has 0 amide bonds. The number of para-hydroxylation sites is 1. The Kier molecular flexibility index (Phi) is 4.71. The molecule has 0 atom stereocenters. The summed E-state index contributed by atoms with van der Waals surface area (Å²) in [5, 5.41) is 8.81. The average Bonchev–Trinajstić information content (AvgIpc) is 2.42. The van der Waals surface area contributed by atoms with Crippen LogP contribution < -0.4 is 4.74 Å². The second-order valence-electron chi connectivity index (χ2n) is 4.38. The van der Waals surface area contributed by atoms with E-state index < -0.39 is 11.8 Å². The van der Waals surface area contributed by atoms with Crippen molar-refractivity contribution >= 4 is 5.97 Å². The number of rotatable bonds is 6. The number of carbonyl (C=O) groups is 1. The SMILES string of the molecule is O=C(O)Cc1cccc(F)c1OCCc1ccccc1. The molecule has 0 radical (unpaired) electrons. The van der Waals surface area contributed by atoms with Crippen LogP contribution in [0.15, 0.2) is 48.5 Å². The molecule has 4 heteroatoms. The molecule has 0 aliphatic heterocycles. The fourth-order valence-corrected chi connectivity index (χ4v) is 1.93. The maximum Gasteiger partial charge on any atom is 0.307 e. The van der Waals surface area contributed by atoms with Gasteiger partial charge >= 0.3 is 5.97 Å². The van der Waals surface area contributed by atoms with E-state index >= 15 is 0 Å². The van der Waals surface area contributed by atoms with Gasteiger partial charge in [-0.25, -0.2) is 4.39 Å². The Labute approximate surface area is 116 Å². The largest absolute Gasteiger partial charge is 0.490 e. The quantitative estimate of drug-likeness (QED) is 0.880. The van der Waals surface area contributed by atoms with Crippen LogP contribution in [0.4, 0.5) is 4.39 Å². The van der Waals surface area contributed by atoms with Crippen LogP contribution in [0.25, 0.3) is 0 Å². The highest BCUT2D eigenvalue weighted by molar-refractivity contribution is 5.71. The van der Waals surface area contributed by atoms with Crippen molar-refractivity contribution in [2.45, 2.75) is 12.8 Å². The lowest BCUT2D eigenvalue weighted by atomic mass is 10.1. The van der Waals surface area contributed by atoms with Crippen molar-refractivity contribution in [1.82, 2.24) is 0 Å². The lowest BCUT2D eigenvalue weighted by molar-refractivity contribution is -0.136. The van der Waals surface area contributed by atoms with Crippen molar-refractivity contribution in [1.29, 1.82) is 0 Å². The van der Waals surface area contributed by atoms with Gasteiger partial charge in [-0.05, 0) is 11.6 Å². The van der Waals surface area contributed by atoms with Crippen LogP contribution >= 0.6 is 0 Å². The molecule has 2 rings (SSSR count). The summed E-state index contributed by atoms with van der Waals surface area (Å²) in [6.07, 6.45) is 0.389. The van der Waals surface area contributed by atoms with Crippen molar-refractivity contribution in [2.75, 3.05) is 6.61 Å². The van der Waals surface area contributed by atoms with Crippen LogP contribution in [0, 0.1) is 5.82 Å². The van der Waals surface area contributed by atoms with E-state index in [9.17, 15) is 9.18 Å². The van der Waals surface area contributed by atoms with Crippen molar-refractivity contribution in [3.8, 4) is 5.75 Å². The van der Waals surface area contributed by atoms with E-state index in [0.29, 0.717) is 18.6 Å². The minimum atomic E-state index is -1.01. The second kappa shape index (κ2) is 6.70. The van der Waals surface area contributed by atoms with Gasteiger partial charge in [-0.15, -0.1) is 0 Å². The van der Waals surface area contributed by atoms with Gasteiger partial charge in [-0.3, -0.25) is 4.79 Å². The fraction of sp³-hybridized carbons (Fsp3) is 0.188. The molecule has 0 aliphatic carbocycles. The summed E-state index contributed by atoms with van der Waals surface area (Å²) >= 11 is 0. The van der Waals surface area contributed by atoms with E-state index in [2.05, 4.69) is 0 Å². The molecule has 0 fully saturated rings. The van der Waals surface area contributed by atoms with Gasteiger partial charge in [-0.1, -0.05) is 42.5 Å². The third kappa shape index (κ3) is 3.82. The predicted molar refractivity (Wildman–Crippen MR) is 73.4 cm³/mol. The summed E-state index contributed by atoms with van der Waals surface area (Å²) in [5.74, 6) is -1.51. The minimum absolute atomic E-state index is 0.0332.